The summed E-state index contributed by atoms with van der Waals surface area (Å²) >= 11 is 5.64. The Bertz CT molecular complexity index is 628. The summed E-state index contributed by atoms with van der Waals surface area (Å²) in [7, 11) is 0. The second kappa shape index (κ2) is 5.92. The third kappa shape index (κ3) is 3.27. The summed E-state index contributed by atoms with van der Waals surface area (Å²) in [5.74, 6) is -1.43. The van der Waals surface area contributed by atoms with Crippen molar-refractivity contribution in [2.75, 3.05) is 5.32 Å². The van der Waals surface area contributed by atoms with Gasteiger partial charge in [0.15, 0.2) is 0 Å². The first-order chi connectivity index (χ1) is 9.47. The minimum atomic E-state index is -0.968. The van der Waals surface area contributed by atoms with Gasteiger partial charge in [0.2, 0.25) is 0 Å². The molecule has 0 saturated carbocycles. The summed E-state index contributed by atoms with van der Waals surface area (Å²) in [6.07, 6.45) is 0. The second-order valence-corrected chi connectivity index (χ2v) is 4.83. The Morgan fingerprint density at radius 3 is 2.45 bits per heavy atom. The maximum atomic E-state index is 13.4. The molecule has 0 aliphatic heterocycles. The predicted octanol–water partition coefficient (Wildman–Crippen LogP) is 4.35. The third-order valence-corrected chi connectivity index (χ3v) is 3.27. The van der Waals surface area contributed by atoms with E-state index in [1.807, 2.05) is 6.92 Å². The van der Waals surface area contributed by atoms with Gasteiger partial charge in [-0.25, -0.2) is 9.18 Å². The molecule has 0 aliphatic carbocycles. The molecule has 3 nitrogen and oxygen atoms in total. The molecular formula is C15H13ClFNO2. The number of carboxylic acids is 1. The number of rotatable bonds is 4. The molecule has 2 rings (SSSR count). The molecule has 1 atom stereocenters. The maximum Gasteiger partial charge on any atom is 0.335 e. The lowest BCUT2D eigenvalue weighted by Crippen LogP contribution is -2.07. The van der Waals surface area contributed by atoms with Gasteiger partial charge in [-0.1, -0.05) is 17.7 Å². The summed E-state index contributed by atoms with van der Waals surface area (Å²) in [6, 6.07) is 10.9. The SMILES string of the molecule is CC(Nc1ccc(C(=O)O)cc1)c1ccc(Cl)c(F)c1. The molecule has 2 aromatic rings. The van der Waals surface area contributed by atoms with E-state index in [1.54, 1.807) is 18.2 Å². The van der Waals surface area contributed by atoms with Gasteiger partial charge in [0.05, 0.1) is 10.6 Å². The van der Waals surface area contributed by atoms with E-state index in [2.05, 4.69) is 5.32 Å². The van der Waals surface area contributed by atoms with Gasteiger partial charge >= 0.3 is 5.97 Å². The fraction of sp³-hybridized carbons (Fsp3) is 0.133. The molecule has 0 heterocycles. The van der Waals surface area contributed by atoms with Crippen LogP contribution in [0.1, 0.15) is 28.9 Å². The zero-order valence-electron chi connectivity index (χ0n) is 10.7. The van der Waals surface area contributed by atoms with Gasteiger partial charge in [-0.3, -0.25) is 0 Å². The molecule has 1 unspecified atom stereocenters. The van der Waals surface area contributed by atoms with Crippen molar-refractivity contribution in [2.45, 2.75) is 13.0 Å². The molecule has 2 N–H and O–H groups in total. The summed E-state index contributed by atoms with van der Waals surface area (Å²) in [5.41, 5.74) is 1.74. The third-order valence-electron chi connectivity index (χ3n) is 2.96. The molecule has 0 radical (unpaired) electrons. The Hall–Kier alpha value is -2.07. The quantitative estimate of drug-likeness (QED) is 0.881. The molecular weight excluding hydrogens is 281 g/mol. The van der Waals surface area contributed by atoms with Crippen LogP contribution in [0.5, 0.6) is 0 Å². The molecule has 0 aliphatic rings. The number of nitrogens with one attached hydrogen (secondary N) is 1. The second-order valence-electron chi connectivity index (χ2n) is 4.42. The number of anilines is 1. The van der Waals surface area contributed by atoms with E-state index >= 15 is 0 Å². The van der Waals surface area contributed by atoms with Crippen molar-refractivity contribution in [3.05, 3.63) is 64.4 Å². The Balaban J connectivity index is 2.12. The lowest BCUT2D eigenvalue weighted by Gasteiger charge is -2.16. The number of halogens is 2. The van der Waals surface area contributed by atoms with Crippen molar-refractivity contribution >= 4 is 23.3 Å². The van der Waals surface area contributed by atoms with Crippen molar-refractivity contribution in [2.24, 2.45) is 0 Å². The highest BCUT2D eigenvalue weighted by atomic mass is 35.5. The van der Waals surface area contributed by atoms with E-state index in [4.69, 9.17) is 16.7 Å². The number of benzene rings is 2. The Labute approximate surface area is 121 Å². The Morgan fingerprint density at radius 1 is 1.25 bits per heavy atom. The number of hydrogen-bond donors (Lipinski definition) is 2. The van der Waals surface area contributed by atoms with E-state index in [1.165, 1.54) is 24.3 Å². The highest BCUT2D eigenvalue weighted by Gasteiger charge is 2.09. The molecule has 0 spiro atoms. The average Bonchev–Trinajstić information content (AvgIpc) is 2.42. The molecule has 2 aromatic carbocycles. The van der Waals surface area contributed by atoms with Gasteiger partial charge < -0.3 is 10.4 Å². The minimum absolute atomic E-state index is 0.0896. The summed E-state index contributed by atoms with van der Waals surface area (Å²) < 4.78 is 13.4. The zero-order valence-corrected chi connectivity index (χ0v) is 11.5. The predicted molar refractivity (Wildman–Crippen MR) is 76.8 cm³/mol. The lowest BCUT2D eigenvalue weighted by atomic mass is 10.1. The standard InChI is InChI=1S/C15H13ClFNO2/c1-9(11-4-7-13(16)14(17)8-11)18-12-5-2-10(3-6-12)15(19)20/h2-9,18H,1H3,(H,19,20). The van der Waals surface area contributed by atoms with Crippen LogP contribution in [0.25, 0.3) is 0 Å². The fourth-order valence-corrected chi connectivity index (χ4v) is 1.94. The smallest absolute Gasteiger partial charge is 0.335 e. The largest absolute Gasteiger partial charge is 0.478 e. The molecule has 0 amide bonds. The number of carbonyl (C=O) groups is 1. The van der Waals surface area contributed by atoms with Gasteiger partial charge in [-0.2, -0.15) is 0 Å². The van der Waals surface area contributed by atoms with Gasteiger partial charge in [0.25, 0.3) is 0 Å². The van der Waals surface area contributed by atoms with Crippen LogP contribution in [-0.2, 0) is 0 Å². The van der Waals surface area contributed by atoms with Gasteiger partial charge in [0.1, 0.15) is 5.82 Å². The fourth-order valence-electron chi connectivity index (χ4n) is 1.82. The molecule has 0 saturated heterocycles. The van der Waals surface area contributed by atoms with Gasteiger partial charge in [0, 0.05) is 11.7 Å². The molecule has 5 heteroatoms. The van der Waals surface area contributed by atoms with Crippen LogP contribution in [0.4, 0.5) is 10.1 Å². The zero-order chi connectivity index (χ0) is 14.7. The summed E-state index contributed by atoms with van der Waals surface area (Å²) in [5, 5.41) is 12.1. The van der Waals surface area contributed by atoms with Crippen molar-refractivity contribution in [3.63, 3.8) is 0 Å². The van der Waals surface area contributed by atoms with Crippen LogP contribution in [0.2, 0.25) is 5.02 Å². The Morgan fingerprint density at radius 2 is 1.90 bits per heavy atom. The molecule has 0 fully saturated rings. The van der Waals surface area contributed by atoms with Crippen LogP contribution in [-0.4, -0.2) is 11.1 Å². The van der Waals surface area contributed by atoms with Crippen molar-refractivity contribution < 1.29 is 14.3 Å². The number of aromatic carboxylic acids is 1. The maximum absolute atomic E-state index is 13.4. The van der Waals surface area contributed by atoms with E-state index in [0.717, 1.165) is 11.3 Å². The van der Waals surface area contributed by atoms with E-state index in [-0.39, 0.29) is 16.6 Å². The number of carboxylic acid groups (broad SMARTS) is 1. The van der Waals surface area contributed by atoms with E-state index in [0.29, 0.717) is 0 Å². The molecule has 104 valence electrons. The molecule has 0 aromatic heterocycles. The van der Waals surface area contributed by atoms with Gasteiger partial charge in [-0.15, -0.1) is 0 Å². The highest BCUT2D eigenvalue weighted by Crippen LogP contribution is 2.23. The first-order valence-electron chi connectivity index (χ1n) is 6.02. The highest BCUT2D eigenvalue weighted by molar-refractivity contribution is 6.30. The molecule has 20 heavy (non-hydrogen) atoms. The summed E-state index contributed by atoms with van der Waals surface area (Å²) in [6.45, 7) is 1.88. The van der Waals surface area contributed by atoms with Gasteiger partial charge in [-0.05, 0) is 48.9 Å². The van der Waals surface area contributed by atoms with Crippen LogP contribution in [0.15, 0.2) is 42.5 Å². The van der Waals surface area contributed by atoms with Crippen LogP contribution >= 0.6 is 11.6 Å². The first-order valence-corrected chi connectivity index (χ1v) is 6.40. The van der Waals surface area contributed by atoms with Crippen molar-refractivity contribution in [1.82, 2.24) is 0 Å². The van der Waals surface area contributed by atoms with E-state index in [9.17, 15) is 9.18 Å². The monoisotopic (exact) mass is 293 g/mol. The van der Waals surface area contributed by atoms with Crippen LogP contribution in [0.3, 0.4) is 0 Å². The topological polar surface area (TPSA) is 49.3 Å². The first kappa shape index (κ1) is 14.3. The number of hydrogen-bond acceptors (Lipinski definition) is 2. The average molecular weight is 294 g/mol. The van der Waals surface area contributed by atoms with E-state index < -0.39 is 11.8 Å². The molecule has 0 bridgehead atoms. The lowest BCUT2D eigenvalue weighted by molar-refractivity contribution is 0.0697. The van der Waals surface area contributed by atoms with Crippen LogP contribution < -0.4 is 5.32 Å². The summed E-state index contributed by atoms with van der Waals surface area (Å²) in [4.78, 5) is 10.8. The van der Waals surface area contributed by atoms with Crippen LogP contribution in [0, 0.1) is 5.82 Å². The minimum Gasteiger partial charge on any atom is -0.478 e. The van der Waals surface area contributed by atoms with Crippen molar-refractivity contribution in [3.8, 4) is 0 Å². The van der Waals surface area contributed by atoms with Crippen molar-refractivity contribution in [1.29, 1.82) is 0 Å². The normalized spacial score (nSPS) is 11.9. The Kier molecular flexibility index (Phi) is 4.25.